The van der Waals surface area contributed by atoms with Crippen molar-refractivity contribution in [3.8, 4) is 0 Å². The van der Waals surface area contributed by atoms with E-state index in [4.69, 9.17) is 11.5 Å². The lowest BCUT2D eigenvalue weighted by molar-refractivity contribution is -0.384. The van der Waals surface area contributed by atoms with Crippen LogP contribution in [0.25, 0.3) is 0 Å². The molecule has 106 valence electrons. The van der Waals surface area contributed by atoms with Crippen LogP contribution in [0, 0.1) is 10.1 Å². The summed E-state index contributed by atoms with van der Waals surface area (Å²) in [6.45, 7) is 4.05. The summed E-state index contributed by atoms with van der Waals surface area (Å²) >= 11 is 0. The predicted molar refractivity (Wildman–Crippen MR) is 76.0 cm³/mol. The average molecular weight is 276 g/mol. The van der Waals surface area contributed by atoms with Gasteiger partial charge in [-0.1, -0.05) is 12.1 Å². The third-order valence-corrected chi connectivity index (χ3v) is 3.02. The Kier molecular flexibility index (Phi) is 3.31. The van der Waals surface area contributed by atoms with E-state index in [-0.39, 0.29) is 17.6 Å². The smallest absolute Gasteiger partial charge is 0.269 e. The summed E-state index contributed by atoms with van der Waals surface area (Å²) in [5.41, 5.74) is 11.6. The Balaban J connectivity index is 2.28. The number of benzene rings is 1. The van der Waals surface area contributed by atoms with Crippen LogP contribution in [0.4, 0.5) is 5.69 Å². The van der Waals surface area contributed by atoms with Gasteiger partial charge in [0.1, 0.15) is 5.66 Å². The standard InChI is InChI=1S/C12H16N6O2/c1-12(2)16-10(13)15-11(14)17(12)7-8-4-3-5-9(6-8)18(19)20/h3-6H,7H2,1-2H3,(H4,13,14,15,16). The first kappa shape index (κ1) is 13.8. The summed E-state index contributed by atoms with van der Waals surface area (Å²) in [6.07, 6.45) is 0. The van der Waals surface area contributed by atoms with Crippen LogP contribution in [0.1, 0.15) is 19.4 Å². The van der Waals surface area contributed by atoms with Gasteiger partial charge in [-0.25, -0.2) is 4.99 Å². The van der Waals surface area contributed by atoms with Crippen LogP contribution in [0.2, 0.25) is 0 Å². The molecule has 0 aliphatic carbocycles. The van der Waals surface area contributed by atoms with Crippen LogP contribution in [0.3, 0.4) is 0 Å². The highest BCUT2D eigenvalue weighted by Gasteiger charge is 2.31. The molecule has 1 aromatic rings. The number of nitro benzene ring substituents is 1. The maximum absolute atomic E-state index is 10.8. The number of rotatable bonds is 3. The Labute approximate surface area is 115 Å². The number of hydrogen-bond donors (Lipinski definition) is 2. The topological polar surface area (TPSA) is 123 Å². The van der Waals surface area contributed by atoms with Gasteiger partial charge in [0.25, 0.3) is 5.69 Å². The number of nitrogens with two attached hydrogens (primary N) is 2. The van der Waals surface area contributed by atoms with Gasteiger partial charge in [-0.2, -0.15) is 4.99 Å². The highest BCUT2D eigenvalue weighted by Crippen LogP contribution is 2.23. The number of nitro groups is 1. The molecule has 0 aromatic heterocycles. The molecule has 8 nitrogen and oxygen atoms in total. The van der Waals surface area contributed by atoms with Crippen molar-refractivity contribution in [3.05, 3.63) is 39.9 Å². The van der Waals surface area contributed by atoms with E-state index in [1.807, 2.05) is 13.8 Å². The van der Waals surface area contributed by atoms with Gasteiger partial charge in [-0.05, 0) is 19.4 Å². The van der Waals surface area contributed by atoms with Crippen molar-refractivity contribution in [2.45, 2.75) is 26.1 Å². The van der Waals surface area contributed by atoms with E-state index in [0.29, 0.717) is 6.54 Å². The normalized spacial score (nSPS) is 17.4. The maximum atomic E-state index is 10.8. The quantitative estimate of drug-likeness (QED) is 0.623. The number of aliphatic imine (C=N–C) groups is 2. The average Bonchev–Trinajstić information content (AvgIpc) is 2.33. The Bertz CT molecular complexity index is 608. The molecule has 1 aliphatic heterocycles. The van der Waals surface area contributed by atoms with E-state index in [1.165, 1.54) is 12.1 Å². The molecule has 4 N–H and O–H groups in total. The van der Waals surface area contributed by atoms with Crippen LogP contribution in [-0.4, -0.2) is 27.4 Å². The van der Waals surface area contributed by atoms with Crippen molar-refractivity contribution in [2.24, 2.45) is 21.5 Å². The Morgan fingerprint density at radius 1 is 1.40 bits per heavy atom. The largest absolute Gasteiger partial charge is 0.369 e. The van der Waals surface area contributed by atoms with Crippen molar-refractivity contribution < 1.29 is 4.92 Å². The fourth-order valence-electron chi connectivity index (χ4n) is 2.05. The van der Waals surface area contributed by atoms with Gasteiger partial charge >= 0.3 is 0 Å². The van der Waals surface area contributed by atoms with Gasteiger partial charge < -0.3 is 16.4 Å². The molecule has 8 heteroatoms. The van der Waals surface area contributed by atoms with Crippen molar-refractivity contribution in [1.29, 1.82) is 0 Å². The molecule has 0 radical (unpaired) electrons. The second-order valence-corrected chi connectivity index (χ2v) is 4.95. The lowest BCUT2D eigenvalue weighted by Gasteiger charge is -2.38. The minimum absolute atomic E-state index is 0.0378. The molecule has 0 unspecified atom stereocenters. The summed E-state index contributed by atoms with van der Waals surface area (Å²) in [5, 5.41) is 10.8. The van der Waals surface area contributed by atoms with E-state index in [9.17, 15) is 10.1 Å². The van der Waals surface area contributed by atoms with Gasteiger partial charge in [0.15, 0.2) is 0 Å². The zero-order valence-electron chi connectivity index (χ0n) is 11.3. The van der Waals surface area contributed by atoms with Crippen LogP contribution in [0.5, 0.6) is 0 Å². The van der Waals surface area contributed by atoms with Crippen molar-refractivity contribution >= 4 is 17.6 Å². The summed E-state index contributed by atoms with van der Waals surface area (Å²) in [7, 11) is 0. The minimum atomic E-state index is -0.652. The van der Waals surface area contributed by atoms with Gasteiger partial charge in [0.05, 0.1) is 4.92 Å². The zero-order valence-corrected chi connectivity index (χ0v) is 11.3. The first-order chi connectivity index (χ1) is 9.29. The van der Waals surface area contributed by atoms with Crippen LogP contribution in [0.15, 0.2) is 34.3 Å². The summed E-state index contributed by atoms with van der Waals surface area (Å²) < 4.78 is 0. The van der Waals surface area contributed by atoms with Crippen LogP contribution >= 0.6 is 0 Å². The molecule has 1 aliphatic rings. The van der Waals surface area contributed by atoms with Gasteiger partial charge in [0.2, 0.25) is 11.9 Å². The predicted octanol–water partition coefficient (Wildman–Crippen LogP) is 0.776. The fraction of sp³-hybridized carbons (Fsp3) is 0.333. The van der Waals surface area contributed by atoms with E-state index < -0.39 is 10.6 Å². The molecule has 20 heavy (non-hydrogen) atoms. The Morgan fingerprint density at radius 3 is 2.70 bits per heavy atom. The van der Waals surface area contributed by atoms with Crippen LogP contribution in [-0.2, 0) is 6.54 Å². The number of nitrogens with zero attached hydrogens (tertiary/aromatic N) is 4. The molecule has 1 aromatic carbocycles. The second kappa shape index (κ2) is 4.80. The number of non-ortho nitro benzene ring substituents is 1. The van der Waals surface area contributed by atoms with E-state index >= 15 is 0 Å². The molecule has 0 spiro atoms. The lowest BCUT2D eigenvalue weighted by Crippen LogP contribution is -2.53. The number of hydrogen-bond acceptors (Lipinski definition) is 7. The molecule has 0 saturated heterocycles. The highest BCUT2D eigenvalue weighted by molar-refractivity contribution is 5.95. The summed E-state index contributed by atoms with van der Waals surface area (Å²) in [6, 6.07) is 6.37. The van der Waals surface area contributed by atoms with E-state index in [2.05, 4.69) is 9.98 Å². The first-order valence-corrected chi connectivity index (χ1v) is 6.00. The lowest BCUT2D eigenvalue weighted by atomic mass is 10.1. The molecule has 2 rings (SSSR count). The van der Waals surface area contributed by atoms with E-state index in [0.717, 1.165) is 5.56 Å². The third kappa shape index (κ3) is 2.68. The molecule has 0 fully saturated rings. The highest BCUT2D eigenvalue weighted by atomic mass is 16.6. The number of guanidine groups is 2. The van der Waals surface area contributed by atoms with E-state index in [1.54, 1.807) is 17.0 Å². The van der Waals surface area contributed by atoms with Gasteiger partial charge in [-0.15, -0.1) is 0 Å². The molecular formula is C12H16N6O2. The first-order valence-electron chi connectivity index (χ1n) is 6.00. The fourth-order valence-corrected chi connectivity index (χ4v) is 2.05. The Morgan fingerprint density at radius 2 is 2.10 bits per heavy atom. The maximum Gasteiger partial charge on any atom is 0.269 e. The van der Waals surface area contributed by atoms with Crippen molar-refractivity contribution in [3.63, 3.8) is 0 Å². The molecule has 0 amide bonds. The third-order valence-electron chi connectivity index (χ3n) is 3.02. The molecule has 0 atom stereocenters. The molecule has 0 bridgehead atoms. The molecular weight excluding hydrogens is 260 g/mol. The van der Waals surface area contributed by atoms with Crippen molar-refractivity contribution in [1.82, 2.24) is 4.90 Å². The van der Waals surface area contributed by atoms with Gasteiger partial charge in [0, 0.05) is 18.7 Å². The minimum Gasteiger partial charge on any atom is -0.369 e. The van der Waals surface area contributed by atoms with Crippen LogP contribution < -0.4 is 11.5 Å². The summed E-state index contributed by atoms with van der Waals surface area (Å²) in [4.78, 5) is 20.2. The molecule has 0 saturated carbocycles. The van der Waals surface area contributed by atoms with Crippen molar-refractivity contribution in [2.75, 3.05) is 0 Å². The van der Waals surface area contributed by atoms with Gasteiger partial charge in [-0.3, -0.25) is 10.1 Å². The zero-order chi connectivity index (χ0) is 14.9. The summed E-state index contributed by atoms with van der Waals surface area (Å²) in [5.74, 6) is 0.372. The monoisotopic (exact) mass is 276 g/mol. The molecule has 1 heterocycles. The Hall–Kier alpha value is -2.64. The SMILES string of the molecule is CC1(C)N=C(N)N=C(N)N1Cc1cccc([N+](=O)[O-])c1. The second-order valence-electron chi connectivity index (χ2n) is 4.95.